The van der Waals surface area contributed by atoms with E-state index in [9.17, 15) is 4.79 Å². The number of nitrogens with one attached hydrogen (secondary N) is 1. The van der Waals surface area contributed by atoms with Crippen molar-refractivity contribution in [2.75, 3.05) is 5.73 Å². The second-order valence-electron chi connectivity index (χ2n) is 3.91. The van der Waals surface area contributed by atoms with Crippen LogP contribution < -0.4 is 11.1 Å². The third kappa shape index (κ3) is 3.11. The predicted molar refractivity (Wildman–Crippen MR) is 67.1 cm³/mol. The lowest BCUT2D eigenvalue weighted by Gasteiger charge is -2.03. The molecule has 94 valence electrons. The molecule has 0 radical (unpaired) electrons. The van der Waals surface area contributed by atoms with Gasteiger partial charge >= 0.3 is 5.97 Å². The van der Waals surface area contributed by atoms with E-state index in [2.05, 4.69) is 5.32 Å². The van der Waals surface area contributed by atoms with Crippen LogP contribution in [0.25, 0.3) is 0 Å². The first-order valence-electron chi connectivity index (χ1n) is 5.52. The van der Waals surface area contributed by atoms with Crippen LogP contribution in [0.15, 0.2) is 40.8 Å². The van der Waals surface area contributed by atoms with E-state index in [1.54, 1.807) is 30.3 Å². The van der Waals surface area contributed by atoms with E-state index in [4.69, 9.17) is 15.3 Å². The molecule has 5 nitrogen and oxygen atoms in total. The number of nitrogens with two attached hydrogens (primary N) is 1. The highest BCUT2D eigenvalue weighted by atomic mass is 16.4. The lowest BCUT2D eigenvalue weighted by atomic mass is 10.1. The zero-order valence-electron chi connectivity index (χ0n) is 9.72. The van der Waals surface area contributed by atoms with E-state index in [1.807, 2.05) is 6.07 Å². The lowest BCUT2D eigenvalue weighted by Crippen LogP contribution is -2.12. The number of hydrogen-bond donors (Lipinski definition) is 3. The van der Waals surface area contributed by atoms with Gasteiger partial charge in [-0.2, -0.15) is 0 Å². The molecule has 0 spiro atoms. The summed E-state index contributed by atoms with van der Waals surface area (Å²) in [5.74, 6) is 0.257. The maximum atomic E-state index is 10.7. The summed E-state index contributed by atoms with van der Waals surface area (Å²) in [6, 6.07) is 10.3. The summed E-state index contributed by atoms with van der Waals surface area (Å²) in [6.45, 7) is 1.22. The molecule has 0 aliphatic heterocycles. The molecule has 0 bridgehead atoms. The third-order valence-electron chi connectivity index (χ3n) is 2.51. The average molecular weight is 246 g/mol. The number of carboxylic acids is 1. The van der Waals surface area contributed by atoms with Crippen LogP contribution in [0.2, 0.25) is 0 Å². The van der Waals surface area contributed by atoms with Crippen LogP contribution in [0.4, 0.5) is 5.88 Å². The minimum absolute atomic E-state index is 0.289. The van der Waals surface area contributed by atoms with Gasteiger partial charge in [-0.3, -0.25) is 0 Å². The Labute approximate surface area is 104 Å². The molecule has 5 heteroatoms. The minimum atomic E-state index is -0.916. The van der Waals surface area contributed by atoms with E-state index in [-0.39, 0.29) is 5.56 Å². The molecule has 0 aliphatic carbocycles. The van der Waals surface area contributed by atoms with Crippen LogP contribution in [-0.4, -0.2) is 11.1 Å². The van der Waals surface area contributed by atoms with Gasteiger partial charge in [-0.15, -0.1) is 0 Å². The second-order valence-corrected chi connectivity index (χ2v) is 3.91. The van der Waals surface area contributed by atoms with Crippen molar-refractivity contribution >= 4 is 11.9 Å². The van der Waals surface area contributed by atoms with Gasteiger partial charge < -0.3 is 20.6 Å². The predicted octanol–water partition coefficient (Wildman–Crippen LogP) is 1.85. The molecule has 18 heavy (non-hydrogen) atoms. The van der Waals surface area contributed by atoms with Crippen LogP contribution in [0, 0.1) is 0 Å². The van der Waals surface area contributed by atoms with Gasteiger partial charge in [0.25, 0.3) is 0 Å². The number of carbonyl (C=O) groups is 1. The van der Waals surface area contributed by atoms with E-state index < -0.39 is 5.97 Å². The highest BCUT2D eigenvalue weighted by Gasteiger charge is 2.02. The van der Waals surface area contributed by atoms with Crippen LogP contribution in [0.1, 0.15) is 21.7 Å². The number of furan rings is 1. The van der Waals surface area contributed by atoms with E-state index >= 15 is 0 Å². The topological polar surface area (TPSA) is 88.5 Å². The highest BCUT2D eigenvalue weighted by molar-refractivity contribution is 5.87. The Morgan fingerprint density at radius 2 is 1.89 bits per heavy atom. The maximum Gasteiger partial charge on any atom is 0.335 e. The second kappa shape index (κ2) is 5.37. The standard InChI is InChI=1S/C13H14N2O3/c14-12-6-5-11(18-12)8-15-7-9-1-3-10(4-2-9)13(16)17/h1-6,15H,7-8,14H2,(H,16,17). The zero-order valence-corrected chi connectivity index (χ0v) is 9.72. The fourth-order valence-corrected chi connectivity index (χ4v) is 1.58. The van der Waals surface area contributed by atoms with E-state index in [1.165, 1.54) is 0 Å². The van der Waals surface area contributed by atoms with Crippen LogP contribution in [0.5, 0.6) is 0 Å². The van der Waals surface area contributed by atoms with Crippen molar-refractivity contribution < 1.29 is 14.3 Å². The molecule has 2 rings (SSSR count). The van der Waals surface area contributed by atoms with Crippen molar-refractivity contribution in [1.82, 2.24) is 5.32 Å². The van der Waals surface area contributed by atoms with Gasteiger partial charge in [0.05, 0.1) is 12.1 Å². The number of carboxylic acid groups (broad SMARTS) is 1. The minimum Gasteiger partial charge on any atom is -0.478 e. The molecule has 0 saturated heterocycles. The molecule has 0 amide bonds. The number of rotatable bonds is 5. The Kier molecular flexibility index (Phi) is 3.64. The fourth-order valence-electron chi connectivity index (χ4n) is 1.58. The molecule has 0 unspecified atom stereocenters. The molecule has 0 fully saturated rings. The van der Waals surface area contributed by atoms with Crippen LogP contribution in [0.3, 0.4) is 0 Å². The molecular weight excluding hydrogens is 232 g/mol. The number of benzene rings is 1. The average Bonchev–Trinajstić information content (AvgIpc) is 2.76. The summed E-state index contributed by atoms with van der Waals surface area (Å²) < 4.78 is 5.21. The molecule has 1 aromatic carbocycles. The van der Waals surface area contributed by atoms with Gasteiger partial charge in [-0.25, -0.2) is 4.79 Å². The first-order valence-corrected chi connectivity index (χ1v) is 5.52. The van der Waals surface area contributed by atoms with E-state index in [0.29, 0.717) is 19.0 Å². The Morgan fingerprint density at radius 3 is 2.44 bits per heavy atom. The summed E-state index contributed by atoms with van der Waals surface area (Å²) in [5.41, 5.74) is 6.76. The SMILES string of the molecule is Nc1ccc(CNCc2ccc(C(=O)O)cc2)o1. The Balaban J connectivity index is 1.85. The smallest absolute Gasteiger partial charge is 0.335 e. The molecular formula is C13H14N2O3. The summed E-state index contributed by atoms with van der Waals surface area (Å²) in [4.78, 5) is 10.7. The normalized spacial score (nSPS) is 10.4. The monoisotopic (exact) mass is 246 g/mol. The van der Waals surface area contributed by atoms with Crippen molar-refractivity contribution in [1.29, 1.82) is 0 Å². The molecule has 1 heterocycles. The van der Waals surface area contributed by atoms with Crippen molar-refractivity contribution in [2.45, 2.75) is 13.1 Å². The van der Waals surface area contributed by atoms with Crippen molar-refractivity contribution in [2.24, 2.45) is 0 Å². The Morgan fingerprint density at radius 1 is 1.17 bits per heavy atom. The van der Waals surface area contributed by atoms with Crippen molar-refractivity contribution in [3.8, 4) is 0 Å². The van der Waals surface area contributed by atoms with E-state index in [0.717, 1.165) is 11.3 Å². The molecule has 0 atom stereocenters. The van der Waals surface area contributed by atoms with Crippen LogP contribution >= 0.6 is 0 Å². The van der Waals surface area contributed by atoms with Gasteiger partial charge in [0.15, 0.2) is 5.88 Å². The molecule has 0 saturated carbocycles. The third-order valence-corrected chi connectivity index (χ3v) is 2.51. The number of aromatic carboxylic acids is 1. The first-order chi connectivity index (χ1) is 8.65. The quantitative estimate of drug-likeness (QED) is 0.749. The summed E-state index contributed by atoms with van der Waals surface area (Å²) in [6.07, 6.45) is 0. The summed E-state index contributed by atoms with van der Waals surface area (Å²) in [7, 11) is 0. The number of nitrogen functional groups attached to an aromatic ring is 1. The Hall–Kier alpha value is -2.27. The van der Waals surface area contributed by atoms with Crippen molar-refractivity contribution in [3.63, 3.8) is 0 Å². The molecule has 4 N–H and O–H groups in total. The van der Waals surface area contributed by atoms with Gasteiger partial charge in [0, 0.05) is 12.6 Å². The first kappa shape index (κ1) is 12.2. The molecule has 0 aliphatic rings. The van der Waals surface area contributed by atoms with Gasteiger partial charge in [-0.05, 0) is 23.8 Å². The van der Waals surface area contributed by atoms with Gasteiger partial charge in [-0.1, -0.05) is 12.1 Å². The fraction of sp³-hybridized carbons (Fsp3) is 0.154. The molecule has 2 aromatic rings. The number of hydrogen-bond acceptors (Lipinski definition) is 4. The Bertz CT molecular complexity index is 531. The number of anilines is 1. The van der Waals surface area contributed by atoms with Gasteiger partial charge in [0.1, 0.15) is 5.76 Å². The molecule has 1 aromatic heterocycles. The summed E-state index contributed by atoms with van der Waals surface area (Å²) >= 11 is 0. The van der Waals surface area contributed by atoms with Crippen LogP contribution in [-0.2, 0) is 13.1 Å². The van der Waals surface area contributed by atoms with Crippen molar-refractivity contribution in [3.05, 3.63) is 53.3 Å². The highest BCUT2D eigenvalue weighted by Crippen LogP contribution is 2.09. The zero-order chi connectivity index (χ0) is 13.0. The largest absolute Gasteiger partial charge is 0.478 e. The summed E-state index contributed by atoms with van der Waals surface area (Å²) in [5, 5.41) is 11.9. The maximum absolute atomic E-state index is 10.7. The lowest BCUT2D eigenvalue weighted by molar-refractivity contribution is 0.0697. The van der Waals surface area contributed by atoms with Gasteiger partial charge in [0.2, 0.25) is 0 Å².